The van der Waals surface area contributed by atoms with Crippen LogP contribution < -0.4 is 18.9 Å². The van der Waals surface area contributed by atoms with Crippen LogP contribution in [-0.2, 0) is 9.59 Å². The molecule has 0 aliphatic carbocycles. The molecule has 0 saturated heterocycles. The summed E-state index contributed by atoms with van der Waals surface area (Å²) in [6.45, 7) is 9.08. The monoisotopic (exact) mass is 472 g/mol. The van der Waals surface area contributed by atoms with E-state index in [1.165, 1.54) is 0 Å². The average molecular weight is 473 g/mol. The SMILES string of the molecule is CCCCOc1c(OCCCC)c(OC(=O)CCCC)c2ccccc2c1OC(=O)CCCC. The lowest BCUT2D eigenvalue weighted by Gasteiger charge is -2.21. The van der Waals surface area contributed by atoms with Gasteiger partial charge in [0, 0.05) is 23.6 Å². The molecule has 0 fully saturated rings. The Bertz CT molecular complexity index is 846. The maximum atomic E-state index is 12.6. The van der Waals surface area contributed by atoms with Crippen molar-refractivity contribution in [2.75, 3.05) is 13.2 Å². The molecule has 0 aliphatic rings. The van der Waals surface area contributed by atoms with E-state index in [9.17, 15) is 9.59 Å². The molecule has 0 bridgehead atoms. The Balaban J connectivity index is 2.66. The Morgan fingerprint density at radius 3 is 1.32 bits per heavy atom. The minimum atomic E-state index is -0.320. The minimum Gasteiger partial charge on any atom is -0.486 e. The van der Waals surface area contributed by atoms with Gasteiger partial charge in [-0.3, -0.25) is 9.59 Å². The maximum Gasteiger partial charge on any atom is 0.311 e. The van der Waals surface area contributed by atoms with Crippen molar-refractivity contribution in [2.24, 2.45) is 0 Å². The summed E-state index contributed by atoms with van der Waals surface area (Å²) in [5.74, 6) is 0.664. The van der Waals surface area contributed by atoms with Crippen LogP contribution in [0.3, 0.4) is 0 Å². The zero-order valence-electron chi connectivity index (χ0n) is 21.2. The van der Waals surface area contributed by atoms with E-state index in [0.717, 1.165) is 51.4 Å². The van der Waals surface area contributed by atoms with Gasteiger partial charge < -0.3 is 18.9 Å². The van der Waals surface area contributed by atoms with Crippen molar-refractivity contribution < 1.29 is 28.5 Å². The molecule has 188 valence electrons. The normalized spacial score (nSPS) is 10.8. The molecule has 2 aromatic carbocycles. The first-order valence-electron chi connectivity index (χ1n) is 12.8. The quantitative estimate of drug-likeness (QED) is 0.144. The Morgan fingerprint density at radius 2 is 0.971 bits per heavy atom. The summed E-state index contributed by atoms with van der Waals surface area (Å²) >= 11 is 0. The van der Waals surface area contributed by atoms with Crippen molar-refractivity contribution in [1.29, 1.82) is 0 Å². The molecule has 6 heteroatoms. The summed E-state index contributed by atoms with van der Waals surface area (Å²) in [6, 6.07) is 7.43. The zero-order chi connectivity index (χ0) is 24.8. The van der Waals surface area contributed by atoms with Crippen LogP contribution in [0.15, 0.2) is 24.3 Å². The van der Waals surface area contributed by atoms with Crippen molar-refractivity contribution in [3.05, 3.63) is 24.3 Å². The second kappa shape index (κ2) is 15.2. The number of carbonyl (C=O) groups excluding carboxylic acids is 2. The topological polar surface area (TPSA) is 71.1 Å². The molecule has 0 spiro atoms. The first-order valence-corrected chi connectivity index (χ1v) is 12.8. The van der Waals surface area contributed by atoms with E-state index >= 15 is 0 Å². The van der Waals surface area contributed by atoms with Gasteiger partial charge in [-0.15, -0.1) is 0 Å². The number of esters is 2. The molecule has 34 heavy (non-hydrogen) atoms. The predicted octanol–water partition coefficient (Wildman–Crippen LogP) is 7.39. The largest absolute Gasteiger partial charge is 0.486 e. The average Bonchev–Trinajstić information content (AvgIpc) is 2.84. The van der Waals surface area contributed by atoms with Gasteiger partial charge in [-0.1, -0.05) is 77.6 Å². The summed E-state index contributed by atoms with van der Waals surface area (Å²) in [6.07, 6.45) is 7.48. The molecule has 0 saturated carbocycles. The van der Waals surface area contributed by atoms with Crippen molar-refractivity contribution in [3.8, 4) is 23.0 Å². The van der Waals surface area contributed by atoms with Gasteiger partial charge in [0.25, 0.3) is 0 Å². The first-order chi connectivity index (χ1) is 16.6. The van der Waals surface area contributed by atoms with Crippen LogP contribution in [-0.4, -0.2) is 25.2 Å². The number of hydrogen-bond acceptors (Lipinski definition) is 6. The third-order valence-electron chi connectivity index (χ3n) is 5.42. The molecular formula is C28H40O6. The van der Waals surface area contributed by atoms with Crippen LogP contribution in [0.2, 0.25) is 0 Å². The van der Waals surface area contributed by atoms with Crippen molar-refractivity contribution in [1.82, 2.24) is 0 Å². The number of ether oxygens (including phenoxy) is 4. The number of unbranched alkanes of at least 4 members (excludes halogenated alkanes) is 4. The Labute approximate surface area is 203 Å². The summed E-state index contributed by atoms with van der Waals surface area (Å²) in [4.78, 5) is 25.3. The fourth-order valence-corrected chi connectivity index (χ4v) is 3.40. The Hall–Kier alpha value is -2.76. The lowest BCUT2D eigenvalue weighted by Crippen LogP contribution is -2.14. The van der Waals surface area contributed by atoms with E-state index in [1.54, 1.807) is 0 Å². The van der Waals surface area contributed by atoms with Gasteiger partial charge in [0.2, 0.25) is 11.5 Å². The van der Waals surface area contributed by atoms with Gasteiger partial charge in [-0.2, -0.15) is 0 Å². The standard InChI is InChI=1S/C28H40O6/c1-5-9-17-23(29)33-25-21-15-13-14-16-22(21)26(34-24(30)18-10-6-2)28(32-20-12-8-4)27(25)31-19-11-7-3/h13-16H,5-12,17-20H2,1-4H3. The van der Waals surface area contributed by atoms with Crippen molar-refractivity contribution in [2.45, 2.75) is 91.9 Å². The Morgan fingerprint density at radius 1 is 0.588 bits per heavy atom. The van der Waals surface area contributed by atoms with Gasteiger partial charge >= 0.3 is 11.9 Å². The van der Waals surface area contributed by atoms with Crippen LogP contribution in [0.5, 0.6) is 23.0 Å². The zero-order valence-corrected chi connectivity index (χ0v) is 21.2. The van der Waals surface area contributed by atoms with E-state index in [-0.39, 0.29) is 11.9 Å². The molecule has 0 aliphatic heterocycles. The van der Waals surface area contributed by atoms with Crippen molar-refractivity contribution >= 4 is 22.7 Å². The number of benzene rings is 2. The molecule has 6 nitrogen and oxygen atoms in total. The number of hydrogen-bond donors (Lipinski definition) is 0. The molecular weight excluding hydrogens is 432 g/mol. The minimum absolute atomic E-state index is 0.318. The second-order valence-electron chi connectivity index (χ2n) is 8.42. The molecule has 2 rings (SSSR count). The van der Waals surface area contributed by atoms with E-state index < -0.39 is 0 Å². The van der Waals surface area contributed by atoms with Crippen LogP contribution in [0.1, 0.15) is 91.9 Å². The Kier molecular flexibility index (Phi) is 12.3. The lowest BCUT2D eigenvalue weighted by atomic mass is 10.1. The van der Waals surface area contributed by atoms with Crippen molar-refractivity contribution in [3.63, 3.8) is 0 Å². The van der Waals surface area contributed by atoms with Gasteiger partial charge in [0.1, 0.15) is 0 Å². The number of fused-ring (bicyclic) bond motifs is 1. The molecule has 0 radical (unpaired) electrons. The molecule has 0 aromatic heterocycles. The number of rotatable bonds is 16. The highest BCUT2D eigenvalue weighted by Gasteiger charge is 2.27. The summed E-state index contributed by atoms with van der Waals surface area (Å²) in [7, 11) is 0. The van der Waals surface area contributed by atoms with E-state index in [1.807, 2.05) is 38.1 Å². The highest BCUT2D eigenvalue weighted by atomic mass is 16.6. The fourth-order valence-electron chi connectivity index (χ4n) is 3.40. The molecule has 0 N–H and O–H groups in total. The van der Waals surface area contributed by atoms with Crippen LogP contribution in [0.4, 0.5) is 0 Å². The summed E-state index contributed by atoms with van der Waals surface area (Å²) < 4.78 is 24.1. The maximum absolute atomic E-state index is 12.6. The van der Waals surface area contributed by atoms with Crippen LogP contribution in [0.25, 0.3) is 10.8 Å². The second-order valence-corrected chi connectivity index (χ2v) is 8.42. The summed E-state index contributed by atoms with van der Waals surface area (Å²) in [5, 5.41) is 1.31. The van der Waals surface area contributed by atoms with Gasteiger partial charge in [-0.05, 0) is 25.7 Å². The summed E-state index contributed by atoms with van der Waals surface area (Å²) in [5.41, 5.74) is 0. The van der Waals surface area contributed by atoms with E-state index in [4.69, 9.17) is 18.9 Å². The molecule has 0 unspecified atom stereocenters. The molecule has 2 aromatic rings. The third-order valence-corrected chi connectivity index (χ3v) is 5.42. The predicted molar refractivity (Wildman–Crippen MR) is 135 cm³/mol. The van der Waals surface area contributed by atoms with Gasteiger partial charge in [-0.25, -0.2) is 0 Å². The smallest absolute Gasteiger partial charge is 0.311 e. The van der Waals surface area contributed by atoms with E-state index in [2.05, 4.69) is 13.8 Å². The van der Waals surface area contributed by atoms with Crippen LogP contribution in [0, 0.1) is 0 Å². The molecule has 0 heterocycles. The van der Waals surface area contributed by atoms with E-state index in [0.29, 0.717) is 59.8 Å². The van der Waals surface area contributed by atoms with Gasteiger partial charge in [0.15, 0.2) is 11.5 Å². The highest BCUT2D eigenvalue weighted by molar-refractivity contribution is 6.01. The third kappa shape index (κ3) is 7.93. The molecule has 0 amide bonds. The van der Waals surface area contributed by atoms with Crippen LogP contribution >= 0.6 is 0 Å². The number of carbonyl (C=O) groups is 2. The first kappa shape index (κ1) is 27.5. The molecule has 0 atom stereocenters. The highest BCUT2D eigenvalue weighted by Crippen LogP contribution is 2.51. The lowest BCUT2D eigenvalue weighted by molar-refractivity contribution is -0.135. The fraction of sp³-hybridized carbons (Fsp3) is 0.571. The van der Waals surface area contributed by atoms with Gasteiger partial charge in [0.05, 0.1) is 13.2 Å².